The van der Waals surface area contributed by atoms with Crippen LogP contribution in [0.3, 0.4) is 0 Å². The van der Waals surface area contributed by atoms with Gasteiger partial charge in [0, 0.05) is 18.2 Å². The second kappa shape index (κ2) is 5.65. The normalized spacial score (nSPS) is 16.3. The number of hydrogen-bond donors (Lipinski definition) is 1. The lowest BCUT2D eigenvalue weighted by atomic mass is 10.1. The Morgan fingerprint density at radius 2 is 2.29 bits per heavy atom. The maximum absolute atomic E-state index is 13.7. The molecule has 1 aromatic carbocycles. The van der Waals surface area contributed by atoms with Gasteiger partial charge in [-0.15, -0.1) is 0 Å². The summed E-state index contributed by atoms with van der Waals surface area (Å²) < 4.78 is 13.7. The van der Waals surface area contributed by atoms with Crippen molar-refractivity contribution in [2.45, 2.75) is 32.2 Å². The van der Waals surface area contributed by atoms with E-state index in [2.05, 4.69) is 12.2 Å². The highest BCUT2D eigenvalue weighted by Crippen LogP contribution is 2.22. The van der Waals surface area contributed by atoms with Crippen LogP contribution in [0, 0.1) is 5.82 Å². The van der Waals surface area contributed by atoms with Gasteiger partial charge in [-0.2, -0.15) is 0 Å². The molecule has 0 atom stereocenters. The van der Waals surface area contributed by atoms with Crippen LogP contribution in [0.15, 0.2) is 23.8 Å². The molecular formula is C14H17ClFN. The standard InChI is InChI=1S/C14H17ClFN/c1-2-10(9-17-12-6-7-12)8-11-4-3-5-13(15)14(11)16/h3-5,8,12,17H,2,6-7,9H2,1H3/b10-8-. The third-order valence-corrected chi connectivity index (χ3v) is 3.28. The fourth-order valence-electron chi connectivity index (χ4n) is 1.69. The molecule has 1 nitrogen and oxygen atoms in total. The Bertz CT molecular complexity index is 424. The lowest BCUT2D eigenvalue weighted by Gasteiger charge is -2.07. The summed E-state index contributed by atoms with van der Waals surface area (Å²) in [5, 5.41) is 3.62. The zero-order valence-corrected chi connectivity index (χ0v) is 10.7. The van der Waals surface area contributed by atoms with E-state index in [1.54, 1.807) is 18.2 Å². The predicted octanol–water partition coefficient (Wildman–Crippen LogP) is 4.02. The topological polar surface area (TPSA) is 12.0 Å². The van der Waals surface area contributed by atoms with Crippen molar-refractivity contribution in [3.8, 4) is 0 Å². The molecule has 1 aromatic rings. The van der Waals surface area contributed by atoms with Crippen molar-refractivity contribution in [3.63, 3.8) is 0 Å². The molecule has 0 amide bonds. The molecule has 0 aromatic heterocycles. The Balaban J connectivity index is 2.10. The first-order valence-electron chi connectivity index (χ1n) is 6.07. The maximum atomic E-state index is 13.7. The first-order valence-corrected chi connectivity index (χ1v) is 6.45. The highest BCUT2D eigenvalue weighted by Gasteiger charge is 2.20. The van der Waals surface area contributed by atoms with E-state index >= 15 is 0 Å². The molecule has 1 aliphatic rings. The second-order valence-electron chi connectivity index (χ2n) is 4.45. The van der Waals surface area contributed by atoms with Crippen molar-refractivity contribution in [2.24, 2.45) is 0 Å². The molecule has 0 radical (unpaired) electrons. The van der Waals surface area contributed by atoms with E-state index in [4.69, 9.17) is 11.6 Å². The van der Waals surface area contributed by atoms with Crippen LogP contribution in [0.25, 0.3) is 6.08 Å². The van der Waals surface area contributed by atoms with Gasteiger partial charge < -0.3 is 5.32 Å². The van der Waals surface area contributed by atoms with Gasteiger partial charge in [0.15, 0.2) is 0 Å². The molecule has 1 saturated carbocycles. The summed E-state index contributed by atoms with van der Waals surface area (Å²) in [4.78, 5) is 0. The minimum Gasteiger partial charge on any atom is -0.310 e. The summed E-state index contributed by atoms with van der Waals surface area (Å²) in [7, 11) is 0. The molecule has 1 aliphatic carbocycles. The average molecular weight is 254 g/mol. The molecule has 3 heteroatoms. The minimum absolute atomic E-state index is 0.185. The van der Waals surface area contributed by atoms with Gasteiger partial charge >= 0.3 is 0 Å². The summed E-state index contributed by atoms with van der Waals surface area (Å²) in [6.07, 6.45) is 5.35. The Kier molecular flexibility index (Phi) is 4.19. The molecule has 0 bridgehead atoms. The Morgan fingerprint density at radius 1 is 1.53 bits per heavy atom. The first-order chi connectivity index (χ1) is 8.20. The van der Waals surface area contributed by atoms with Crippen LogP contribution in [0.2, 0.25) is 5.02 Å². The SMILES string of the molecule is CC/C(=C/c1cccc(Cl)c1F)CNC1CC1. The van der Waals surface area contributed by atoms with Gasteiger partial charge in [-0.1, -0.05) is 42.3 Å². The van der Waals surface area contributed by atoms with E-state index in [9.17, 15) is 4.39 Å². The van der Waals surface area contributed by atoms with Gasteiger partial charge in [0.05, 0.1) is 5.02 Å². The van der Waals surface area contributed by atoms with E-state index in [0.29, 0.717) is 11.6 Å². The summed E-state index contributed by atoms with van der Waals surface area (Å²) in [6.45, 7) is 2.93. The summed E-state index contributed by atoms with van der Waals surface area (Å²) in [5.41, 5.74) is 1.78. The molecule has 1 N–H and O–H groups in total. The smallest absolute Gasteiger partial charge is 0.148 e. The number of halogens is 2. The van der Waals surface area contributed by atoms with Gasteiger partial charge in [-0.25, -0.2) is 4.39 Å². The van der Waals surface area contributed by atoms with Crippen molar-refractivity contribution in [2.75, 3.05) is 6.54 Å². The third-order valence-electron chi connectivity index (χ3n) is 2.99. The van der Waals surface area contributed by atoms with Crippen LogP contribution in [-0.2, 0) is 0 Å². The van der Waals surface area contributed by atoms with E-state index in [1.165, 1.54) is 18.4 Å². The molecule has 17 heavy (non-hydrogen) atoms. The fraction of sp³-hybridized carbons (Fsp3) is 0.429. The van der Waals surface area contributed by atoms with Gasteiger partial charge in [0.1, 0.15) is 5.82 Å². The number of rotatable bonds is 5. The molecule has 0 heterocycles. The predicted molar refractivity (Wildman–Crippen MR) is 70.7 cm³/mol. The molecular weight excluding hydrogens is 237 g/mol. The van der Waals surface area contributed by atoms with E-state index in [0.717, 1.165) is 13.0 Å². The van der Waals surface area contributed by atoms with Crippen molar-refractivity contribution in [3.05, 3.63) is 40.2 Å². The summed E-state index contributed by atoms with van der Waals surface area (Å²) in [6, 6.07) is 5.78. The van der Waals surface area contributed by atoms with Crippen molar-refractivity contribution in [1.29, 1.82) is 0 Å². The van der Waals surface area contributed by atoms with Gasteiger partial charge in [-0.05, 0) is 25.3 Å². The number of hydrogen-bond acceptors (Lipinski definition) is 1. The van der Waals surface area contributed by atoms with Gasteiger partial charge in [0.25, 0.3) is 0 Å². The zero-order chi connectivity index (χ0) is 12.3. The number of benzene rings is 1. The second-order valence-corrected chi connectivity index (χ2v) is 4.86. The molecule has 1 fully saturated rings. The summed E-state index contributed by atoms with van der Waals surface area (Å²) >= 11 is 5.76. The zero-order valence-electron chi connectivity index (χ0n) is 9.97. The quantitative estimate of drug-likeness (QED) is 0.836. The first kappa shape index (κ1) is 12.6. The Hall–Kier alpha value is -0.860. The lowest BCUT2D eigenvalue weighted by molar-refractivity contribution is 0.625. The van der Waals surface area contributed by atoms with Crippen LogP contribution < -0.4 is 5.32 Å². The van der Waals surface area contributed by atoms with Crippen molar-refractivity contribution < 1.29 is 4.39 Å². The van der Waals surface area contributed by atoms with Crippen LogP contribution in [0.4, 0.5) is 4.39 Å². The molecule has 0 aliphatic heterocycles. The van der Waals surface area contributed by atoms with Crippen molar-refractivity contribution >= 4 is 17.7 Å². The van der Waals surface area contributed by atoms with Gasteiger partial charge in [-0.3, -0.25) is 0 Å². The number of nitrogens with one attached hydrogen (secondary N) is 1. The average Bonchev–Trinajstić information content (AvgIpc) is 3.13. The fourth-order valence-corrected chi connectivity index (χ4v) is 1.87. The highest BCUT2D eigenvalue weighted by atomic mass is 35.5. The molecule has 2 rings (SSSR count). The van der Waals surface area contributed by atoms with Crippen LogP contribution in [-0.4, -0.2) is 12.6 Å². The van der Waals surface area contributed by atoms with Crippen LogP contribution >= 0.6 is 11.6 Å². The summed E-state index contributed by atoms with van der Waals surface area (Å²) in [5.74, 6) is -0.327. The molecule has 92 valence electrons. The van der Waals surface area contributed by atoms with Gasteiger partial charge in [0.2, 0.25) is 0 Å². The Labute approximate surface area is 107 Å². The van der Waals surface area contributed by atoms with E-state index in [1.807, 2.05) is 6.08 Å². The highest BCUT2D eigenvalue weighted by molar-refractivity contribution is 6.30. The molecule has 0 saturated heterocycles. The van der Waals surface area contributed by atoms with E-state index in [-0.39, 0.29) is 10.8 Å². The monoisotopic (exact) mass is 253 g/mol. The minimum atomic E-state index is -0.327. The molecule has 0 spiro atoms. The Morgan fingerprint density at radius 3 is 2.94 bits per heavy atom. The van der Waals surface area contributed by atoms with Crippen LogP contribution in [0.5, 0.6) is 0 Å². The maximum Gasteiger partial charge on any atom is 0.148 e. The van der Waals surface area contributed by atoms with E-state index < -0.39 is 0 Å². The lowest BCUT2D eigenvalue weighted by Crippen LogP contribution is -2.18. The molecule has 0 unspecified atom stereocenters. The van der Waals surface area contributed by atoms with Crippen LogP contribution in [0.1, 0.15) is 31.7 Å². The largest absolute Gasteiger partial charge is 0.310 e. The van der Waals surface area contributed by atoms with Crippen molar-refractivity contribution in [1.82, 2.24) is 5.32 Å². The third kappa shape index (κ3) is 3.55.